The topological polar surface area (TPSA) is 49.3 Å². The lowest BCUT2D eigenvalue weighted by molar-refractivity contribution is -0.141. The van der Waals surface area contributed by atoms with Gasteiger partial charge in [0.1, 0.15) is 5.69 Å². The number of alkyl halides is 3. The number of hydrogen-bond acceptors (Lipinski definition) is 4. The van der Waals surface area contributed by atoms with Gasteiger partial charge in [0.15, 0.2) is 0 Å². The molecule has 0 spiro atoms. The number of anilines is 1. The molecule has 8 heteroatoms. The average molecular weight is 461 g/mol. The summed E-state index contributed by atoms with van der Waals surface area (Å²) in [6, 6.07) is 6.95. The summed E-state index contributed by atoms with van der Waals surface area (Å²) in [5.74, 6) is 0.132. The van der Waals surface area contributed by atoms with Gasteiger partial charge in [-0.1, -0.05) is 13.8 Å². The Labute approximate surface area is 193 Å². The van der Waals surface area contributed by atoms with Crippen LogP contribution in [0.4, 0.5) is 18.9 Å². The highest BCUT2D eigenvalue weighted by Crippen LogP contribution is 2.41. The van der Waals surface area contributed by atoms with E-state index in [1.807, 2.05) is 31.0 Å². The predicted octanol–water partition coefficient (Wildman–Crippen LogP) is 5.12. The van der Waals surface area contributed by atoms with E-state index in [1.54, 1.807) is 6.07 Å². The monoisotopic (exact) mass is 460 g/mol. The quantitative estimate of drug-likeness (QED) is 0.636. The minimum Gasteiger partial charge on any atom is -0.309 e. The Kier molecular flexibility index (Phi) is 6.24. The van der Waals surface area contributed by atoms with Crippen LogP contribution >= 0.6 is 0 Å². The van der Waals surface area contributed by atoms with Crippen LogP contribution in [0, 0.1) is 12.8 Å². The predicted molar refractivity (Wildman–Crippen MR) is 121 cm³/mol. The fourth-order valence-electron chi connectivity index (χ4n) is 5.15. The molecule has 178 valence electrons. The Morgan fingerprint density at radius 2 is 1.88 bits per heavy atom. The fourth-order valence-corrected chi connectivity index (χ4v) is 5.15. The molecular weight excluding hydrogens is 429 g/mol. The minimum atomic E-state index is -4.44. The second-order valence-corrected chi connectivity index (χ2v) is 10.1. The summed E-state index contributed by atoms with van der Waals surface area (Å²) in [6.45, 7) is 7.28. The molecule has 1 saturated carbocycles. The van der Waals surface area contributed by atoms with Gasteiger partial charge in [0, 0.05) is 42.4 Å². The molecule has 0 saturated heterocycles. The molecule has 2 aliphatic rings. The van der Waals surface area contributed by atoms with E-state index in [4.69, 9.17) is 4.98 Å². The number of nitrogens with zero attached hydrogens (tertiary/aromatic N) is 4. The van der Waals surface area contributed by atoms with Crippen molar-refractivity contribution in [3.05, 3.63) is 53.1 Å². The highest BCUT2D eigenvalue weighted by atomic mass is 19.4. The first-order chi connectivity index (χ1) is 15.5. The van der Waals surface area contributed by atoms with Crippen molar-refractivity contribution in [2.24, 2.45) is 5.92 Å². The lowest BCUT2D eigenvalue weighted by Gasteiger charge is -2.35. The molecule has 1 amide bonds. The summed E-state index contributed by atoms with van der Waals surface area (Å²) < 4.78 is 38.9. The first-order valence-electron chi connectivity index (χ1n) is 11.5. The molecule has 0 aromatic carbocycles. The van der Waals surface area contributed by atoms with Crippen molar-refractivity contribution in [1.29, 1.82) is 0 Å². The highest BCUT2D eigenvalue weighted by molar-refractivity contribution is 5.97. The summed E-state index contributed by atoms with van der Waals surface area (Å²) >= 11 is 0. The molecule has 0 radical (unpaired) electrons. The molecule has 4 rings (SSSR count). The van der Waals surface area contributed by atoms with E-state index in [-0.39, 0.29) is 23.3 Å². The van der Waals surface area contributed by atoms with Crippen molar-refractivity contribution < 1.29 is 18.0 Å². The van der Waals surface area contributed by atoms with Crippen LogP contribution in [0.15, 0.2) is 30.5 Å². The third-order valence-corrected chi connectivity index (χ3v) is 6.98. The first-order valence-corrected chi connectivity index (χ1v) is 11.5. The van der Waals surface area contributed by atoms with Gasteiger partial charge in [-0.3, -0.25) is 19.7 Å². The number of carbonyl (C=O) groups excluding carboxylic acids is 1. The Hall–Kier alpha value is -2.48. The zero-order valence-electron chi connectivity index (χ0n) is 19.6. The molecule has 5 nitrogen and oxygen atoms in total. The first kappa shape index (κ1) is 23.7. The van der Waals surface area contributed by atoms with Gasteiger partial charge in [0.2, 0.25) is 5.91 Å². The van der Waals surface area contributed by atoms with Crippen molar-refractivity contribution in [3.8, 4) is 0 Å². The van der Waals surface area contributed by atoms with E-state index in [2.05, 4.69) is 23.7 Å². The molecule has 0 N–H and O–H groups in total. The number of fused-ring (bicyclic) bond motifs is 1. The number of carbonyl (C=O) groups is 1. The Morgan fingerprint density at radius 3 is 2.55 bits per heavy atom. The molecule has 1 fully saturated rings. The normalized spacial score (nSPS) is 22.5. The van der Waals surface area contributed by atoms with Gasteiger partial charge in [0.25, 0.3) is 0 Å². The zero-order valence-corrected chi connectivity index (χ0v) is 19.6. The van der Waals surface area contributed by atoms with Crippen molar-refractivity contribution in [1.82, 2.24) is 14.9 Å². The lowest BCUT2D eigenvalue weighted by Crippen LogP contribution is -2.42. The Morgan fingerprint density at radius 1 is 1.18 bits per heavy atom. The van der Waals surface area contributed by atoms with Crippen molar-refractivity contribution in [3.63, 3.8) is 0 Å². The van der Waals surface area contributed by atoms with E-state index in [0.717, 1.165) is 48.8 Å². The standard InChI is InChI=1S/C25H31F3N4O/c1-16-5-10-20-22(30-16)24(2,3)15-32(20)23(33)18-6-8-19(9-7-18)31(4)14-17-11-12-29-21(13-17)25(26,27)28/h5,10-13,18-19H,6-9,14-15H2,1-4H3/t18-,19-. The zero-order chi connectivity index (χ0) is 24.0. The van der Waals surface area contributed by atoms with Crippen molar-refractivity contribution in [2.75, 3.05) is 18.5 Å². The summed E-state index contributed by atoms with van der Waals surface area (Å²) in [7, 11) is 1.94. The van der Waals surface area contributed by atoms with Gasteiger partial charge in [-0.25, -0.2) is 0 Å². The maximum atomic E-state index is 13.4. The van der Waals surface area contributed by atoms with Gasteiger partial charge in [-0.2, -0.15) is 13.2 Å². The maximum Gasteiger partial charge on any atom is 0.433 e. The number of pyridine rings is 2. The van der Waals surface area contributed by atoms with Crippen LogP contribution in [-0.2, 0) is 22.9 Å². The number of rotatable bonds is 4. The second-order valence-electron chi connectivity index (χ2n) is 10.1. The van der Waals surface area contributed by atoms with Gasteiger partial charge in [-0.05, 0) is 69.5 Å². The molecule has 1 aliphatic heterocycles. The van der Waals surface area contributed by atoms with Crippen molar-refractivity contribution >= 4 is 11.6 Å². The third kappa shape index (κ3) is 4.90. The molecule has 0 bridgehead atoms. The number of aryl methyl sites for hydroxylation is 1. The summed E-state index contributed by atoms with van der Waals surface area (Å²) in [5, 5.41) is 0. The molecule has 1 aliphatic carbocycles. The van der Waals surface area contributed by atoms with E-state index >= 15 is 0 Å². The molecule has 2 aromatic rings. The lowest BCUT2D eigenvalue weighted by atomic mass is 9.84. The van der Waals surface area contributed by atoms with Gasteiger partial charge in [0.05, 0.1) is 11.4 Å². The number of amides is 1. The number of hydrogen-bond donors (Lipinski definition) is 0. The van der Waals surface area contributed by atoms with Crippen LogP contribution in [0.3, 0.4) is 0 Å². The molecule has 33 heavy (non-hydrogen) atoms. The Bertz CT molecular complexity index is 1030. The summed E-state index contributed by atoms with van der Waals surface area (Å²) in [6.07, 6.45) is 0.0328. The number of aromatic nitrogens is 2. The molecule has 0 unspecified atom stereocenters. The largest absolute Gasteiger partial charge is 0.433 e. The second kappa shape index (κ2) is 8.70. The molecule has 2 aromatic heterocycles. The van der Waals surface area contributed by atoms with Gasteiger partial charge < -0.3 is 4.90 Å². The Balaban J connectivity index is 1.37. The summed E-state index contributed by atoms with van der Waals surface area (Å²) in [5.41, 5.74) is 2.43. The third-order valence-electron chi connectivity index (χ3n) is 6.98. The van der Waals surface area contributed by atoms with E-state index in [1.165, 1.54) is 6.20 Å². The fraction of sp³-hybridized carbons (Fsp3) is 0.560. The smallest absolute Gasteiger partial charge is 0.309 e. The maximum absolute atomic E-state index is 13.4. The van der Waals surface area contributed by atoms with Crippen LogP contribution in [0.5, 0.6) is 0 Å². The van der Waals surface area contributed by atoms with Crippen LogP contribution in [-0.4, -0.2) is 40.4 Å². The van der Waals surface area contributed by atoms with Crippen LogP contribution in [0.25, 0.3) is 0 Å². The van der Waals surface area contributed by atoms with Gasteiger partial charge in [-0.15, -0.1) is 0 Å². The van der Waals surface area contributed by atoms with E-state index in [9.17, 15) is 18.0 Å². The van der Waals surface area contributed by atoms with Crippen LogP contribution < -0.4 is 4.90 Å². The summed E-state index contributed by atoms with van der Waals surface area (Å²) in [4.78, 5) is 25.6. The van der Waals surface area contributed by atoms with Crippen LogP contribution in [0.1, 0.15) is 62.2 Å². The number of halogens is 3. The minimum absolute atomic E-state index is 0.0320. The van der Waals surface area contributed by atoms with Crippen LogP contribution in [0.2, 0.25) is 0 Å². The molecular formula is C25H31F3N4O. The van der Waals surface area contributed by atoms with Gasteiger partial charge >= 0.3 is 6.18 Å². The van der Waals surface area contributed by atoms with Crippen molar-refractivity contribution in [2.45, 2.75) is 70.6 Å². The molecule has 3 heterocycles. The molecule has 0 atom stereocenters. The van der Waals surface area contributed by atoms with E-state index in [0.29, 0.717) is 18.7 Å². The SMILES string of the molecule is Cc1ccc2c(n1)C(C)(C)CN2C(=O)[C@H]1CC[C@H](N(C)Cc2ccnc(C(F)(F)F)c2)CC1. The van der Waals surface area contributed by atoms with E-state index < -0.39 is 11.9 Å². The highest BCUT2D eigenvalue weighted by Gasteiger charge is 2.42. The average Bonchev–Trinajstić information content (AvgIpc) is 3.03.